The lowest BCUT2D eigenvalue weighted by Gasteiger charge is -2.06. The Morgan fingerprint density at radius 3 is 2.67 bits per heavy atom. The van der Waals surface area contributed by atoms with Crippen LogP contribution in [0.3, 0.4) is 0 Å². The molecule has 0 fully saturated rings. The molecule has 2 N–H and O–H groups in total. The molecule has 1 aromatic heterocycles. The maximum absolute atomic E-state index is 5.49. The second-order valence-corrected chi connectivity index (χ2v) is 2.98. The van der Waals surface area contributed by atoms with Crippen LogP contribution in [0.25, 0.3) is 0 Å². The molecule has 86 valence electrons. The van der Waals surface area contributed by atoms with E-state index in [2.05, 4.69) is 5.10 Å². The number of ether oxygens (including phenoxy) is 3. The lowest BCUT2D eigenvalue weighted by Crippen LogP contribution is -2.11. The zero-order chi connectivity index (χ0) is 11.1. The minimum atomic E-state index is 0.452. The lowest BCUT2D eigenvalue weighted by molar-refractivity contribution is 0.0530. The molecule has 0 unspecified atom stereocenters. The van der Waals surface area contributed by atoms with E-state index in [1.165, 1.54) is 0 Å². The van der Waals surface area contributed by atoms with Gasteiger partial charge in [-0.1, -0.05) is 0 Å². The van der Waals surface area contributed by atoms with Gasteiger partial charge < -0.3 is 19.9 Å². The highest BCUT2D eigenvalue weighted by Crippen LogP contribution is 2.12. The number of aryl methyl sites for hydroxylation is 1. The predicted molar refractivity (Wildman–Crippen MR) is 55.8 cm³/mol. The van der Waals surface area contributed by atoms with Gasteiger partial charge in [-0.25, -0.2) is 4.68 Å². The highest BCUT2D eigenvalue weighted by molar-refractivity contribution is 5.32. The first kappa shape index (κ1) is 11.8. The third kappa shape index (κ3) is 4.18. The van der Waals surface area contributed by atoms with Crippen molar-refractivity contribution in [3.8, 4) is 5.88 Å². The van der Waals surface area contributed by atoms with Crippen LogP contribution in [0.4, 0.5) is 5.82 Å². The molecule has 1 heterocycles. The summed E-state index contributed by atoms with van der Waals surface area (Å²) in [6.07, 6.45) is 0. The number of nitrogens with two attached hydrogens (primary N) is 1. The summed E-state index contributed by atoms with van der Waals surface area (Å²) in [5.74, 6) is 1.09. The topological polar surface area (TPSA) is 71.5 Å². The molecule has 0 amide bonds. The number of aromatic nitrogens is 2. The summed E-state index contributed by atoms with van der Waals surface area (Å²) < 4.78 is 17.0. The maximum Gasteiger partial charge on any atom is 0.213 e. The monoisotopic (exact) mass is 215 g/mol. The minimum absolute atomic E-state index is 0.452. The van der Waals surface area contributed by atoms with Crippen LogP contribution in [0.5, 0.6) is 5.88 Å². The Morgan fingerprint density at radius 1 is 1.33 bits per heavy atom. The quantitative estimate of drug-likeness (QED) is 0.650. The minimum Gasteiger partial charge on any atom is -0.475 e. The van der Waals surface area contributed by atoms with Gasteiger partial charge in [0.2, 0.25) is 5.88 Å². The van der Waals surface area contributed by atoms with Crippen LogP contribution in [0, 0.1) is 0 Å². The van der Waals surface area contributed by atoms with Crippen molar-refractivity contribution >= 4 is 5.82 Å². The van der Waals surface area contributed by atoms with Crippen LogP contribution in [0.15, 0.2) is 6.07 Å². The molecule has 0 aliphatic rings. The van der Waals surface area contributed by atoms with E-state index in [0.29, 0.717) is 38.1 Å². The second kappa shape index (κ2) is 6.26. The van der Waals surface area contributed by atoms with E-state index in [0.717, 1.165) is 0 Å². The summed E-state index contributed by atoms with van der Waals surface area (Å²) in [4.78, 5) is 0. The van der Waals surface area contributed by atoms with E-state index in [1.54, 1.807) is 24.9 Å². The van der Waals surface area contributed by atoms with E-state index in [4.69, 9.17) is 19.9 Å². The largest absolute Gasteiger partial charge is 0.475 e. The average Bonchev–Trinajstić information content (AvgIpc) is 2.51. The van der Waals surface area contributed by atoms with E-state index in [-0.39, 0.29) is 0 Å². The molecule has 0 radical (unpaired) electrons. The summed E-state index contributed by atoms with van der Waals surface area (Å²) >= 11 is 0. The molecule has 0 aliphatic carbocycles. The van der Waals surface area contributed by atoms with Crippen LogP contribution in [-0.4, -0.2) is 43.3 Å². The number of anilines is 1. The molecule has 1 aromatic rings. The van der Waals surface area contributed by atoms with E-state index in [9.17, 15) is 0 Å². The van der Waals surface area contributed by atoms with Gasteiger partial charge in [-0.05, 0) is 0 Å². The van der Waals surface area contributed by atoms with Gasteiger partial charge in [0.15, 0.2) is 0 Å². The molecule has 0 aliphatic heterocycles. The summed E-state index contributed by atoms with van der Waals surface area (Å²) in [6, 6.07) is 1.68. The standard InChI is InChI=1S/C9H17N3O3/c1-12-9(7-8(10)11-12)15-6-5-14-4-3-13-2/h7H,3-6H2,1-2H3,(H2,10,11). The Kier molecular flexibility index (Phi) is 4.92. The molecule has 0 atom stereocenters. The summed E-state index contributed by atoms with van der Waals surface area (Å²) in [7, 11) is 3.41. The van der Waals surface area contributed by atoms with Gasteiger partial charge >= 0.3 is 0 Å². The maximum atomic E-state index is 5.49. The Hall–Kier alpha value is -1.27. The SMILES string of the molecule is COCCOCCOc1cc(N)nn1C. The summed E-state index contributed by atoms with van der Waals surface area (Å²) in [5.41, 5.74) is 5.49. The number of nitrogens with zero attached hydrogens (tertiary/aromatic N) is 2. The number of methoxy groups -OCH3 is 1. The van der Waals surface area contributed by atoms with Crippen LogP contribution in [-0.2, 0) is 16.5 Å². The van der Waals surface area contributed by atoms with Crippen molar-refractivity contribution in [2.45, 2.75) is 0 Å². The van der Waals surface area contributed by atoms with Gasteiger partial charge in [0.1, 0.15) is 12.4 Å². The van der Waals surface area contributed by atoms with Crippen LogP contribution < -0.4 is 10.5 Å². The normalized spacial score (nSPS) is 10.5. The zero-order valence-corrected chi connectivity index (χ0v) is 9.10. The highest BCUT2D eigenvalue weighted by atomic mass is 16.5. The van der Waals surface area contributed by atoms with Crippen LogP contribution >= 0.6 is 0 Å². The van der Waals surface area contributed by atoms with Crippen molar-refractivity contribution < 1.29 is 14.2 Å². The Balaban J connectivity index is 2.12. The first-order chi connectivity index (χ1) is 7.24. The average molecular weight is 215 g/mol. The first-order valence-corrected chi connectivity index (χ1v) is 4.73. The van der Waals surface area contributed by atoms with Crippen molar-refractivity contribution in [3.05, 3.63) is 6.07 Å². The van der Waals surface area contributed by atoms with E-state index in [1.807, 2.05) is 0 Å². The third-order valence-electron chi connectivity index (χ3n) is 1.77. The van der Waals surface area contributed by atoms with Gasteiger partial charge in [-0.15, -0.1) is 0 Å². The molecule has 1 rings (SSSR count). The molecular weight excluding hydrogens is 198 g/mol. The molecule has 6 heteroatoms. The molecular formula is C9H17N3O3. The van der Waals surface area contributed by atoms with Crippen molar-refractivity contribution in [1.82, 2.24) is 9.78 Å². The molecule has 0 saturated heterocycles. The fourth-order valence-corrected chi connectivity index (χ4v) is 1.06. The Morgan fingerprint density at radius 2 is 2.07 bits per heavy atom. The molecule has 0 aromatic carbocycles. The highest BCUT2D eigenvalue weighted by Gasteiger charge is 2.02. The number of hydrogen-bond donors (Lipinski definition) is 1. The predicted octanol–water partition coefficient (Wildman–Crippen LogP) is 0.0441. The summed E-state index contributed by atoms with van der Waals surface area (Å²) in [6.45, 7) is 2.17. The third-order valence-corrected chi connectivity index (χ3v) is 1.77. The lowest BCUT2D eigenvalue weighted by atomic mass is 10.6. The fraction of sp³-hybridized carbons (Fsp3) is 0.667. The van der Waals surface area contributed by atoms with Crippen LogP contribution in [0.1, 0.15) is 0 Å². The number of hydrogen-bond acceptors (Lipinski definition) is 5. The molecule has 0 bridgehead atoms. The Bertz CT molecular complexity index is 288. The van der Waals surface area contributed by atoms with Crippen molar-refractivity contribution in [3.63, 3.8) is 0 Å². The second-order valence-electron chi connectivity index (χ2n) is 2.98. The first-order valence-electron chi connectivity index (χ1n) is 4.73. The van der Waals surface area contributed by atoms with Crippen molar-refractivity contribution in [2.24, 2.45) is 7.05 Å². The summed E-state index contributed by atoms with van der Waals surface area (Å²) in [5, 5.41) is 3.95. The van der Waals surface area contributed by atoms with Crippen LogP contribution in [0.2, 0.25) is 0 Å². The van der Waals surface area contributed by atoms with E-state index < -0.39 is 0 Å². The smallest absolute Gasteiger partial charge is 0.213 e. The Labute approximate surface area is 88.9 Å². The molecule has 0 saturated carbocycles. The number of rotatable bonds is 7. The van der Waals surface area contributed by atoms with Gasteiger partial charge in [-0.3, -0.25) is 0 Å². The molecule has 0 spiro atoms. The van der Waals surface area contributed by atoms with Gasteiger partial charge in [0.25, 0.3) is 0 Å². The van der Waals surface area contributed by atoms with Crippen molar-refractivity contribution in [1.29, 1.82) is 0 Å². The van der Waals surface area contributed by atoms with Gasteiger partial charge in [-0.2, -0.15) is 5.10 Å². The van der Waals surface area contributed by atoms with E-state index >= 15 is 0 Å². The zero-order valence-electron chi connectivity index (χ0n) is 9.10. The number of nitrogen functional groups attached to an aromatic ring is 1. The molecule has 6 nitrogen and oxygen atoms in total. The van der Waals surface area contributed by atoms with Gasteiger partial charge in [0.05, 0.1) is 19.8 Å². The van der Waals surface area contributed by atoms with Gasteiger partial charge in [0, 0.05) is 20.2 Å². The molecule has 15 heavy (non-hydrogen) atoms. The fourth-order valence-electron chi connectivity index (χ4n) is 1.06. The van der Waals surface area contributed by atoms with Crippen molar-refractivity contribution in [2.75, 3.05) is 39.3 Å².